The van der Waals surface area contributed by atoms with Crippen LogP contribution in [0.2, 0.25) is 0 Å². The van der Waals surface area contributed by atoms with Gasteiger partial charge in [-0.05, 0) is 12.1 Å². The highest BCUT2D eigenvalue weighted by molar-refractivity contribution is 5.94. The molecule has 1 aromatic heterocycles. The van der Waals surface area contributed by atoms with Crippen molar-refractivity contribution in [2.24, 2.45) is 0 Å². The molecule has 2 N–H and O–H groups in total. The van der Waals surface area contributed by atoms with Crippen LogP contribution in [0.4, 0.5) is 4.39 Å². The van der Waals surface area contributed by atoms with Gasteiger partial charge in [0.25, 0.3) is 5.91 Å². The number of hydrogen-bond donors (Lipinski definition) is 2. The summed E-state index contributed by atoms with van der Waals surface area (Å²) in [5.41, 5.74) is -0.126. The van der Waals surface area contributed by atoms with Crippen LogP contribution in [0.5, 0.6) is 0 Å². The molecule has 0 atom stereocenters. The molecule has 1 heterocycles. The average Bonchev–Trinajstić information content (AvgIpc) is 2.29. The van der Waals surface area contributed by atoms with E-state index in [-0.39, 0.29) is 24.4 Å². The van der Waals surface area contributed by atoms with E-state index in [1.54, 1.807) is 0 Å². The van der Waals surface area contributed by atoms with Gasteiger partial charge in [0.15, 0.2) is 0 Å². The molecule has 1 rings (SSSR count). The molecule has 5 nitrogen and oxygen atoms in total. The first-order valence-corrected chi connectivity index (χ1v) is 4.74. The number of nitrogens with one attached hydrogen (secondary N) is 2. The van der Waals surface area contributed by atoms with Gasteiger partial charge in [-0.15, -0.1) is 0 Å². The van der Waals surface area contributed by atoms with Crippen LogP contribution in [0.25, 0.3) is 0 Å². The molecule has 0 saturated heterocycles. The summed E-state index contributed by atoms with van der Waals surface area (Å²) in [7, 11) is 1.50. The number of carbonyl (C=O) groups is 2. The van der Waals surface area contributed by atoms with Crippen LogP contribution in [0.15, 0.2) is 18.3 Å². The van der Waals surface area contributed by atoms with Crippen molar-refractivity contribution in [1.82, 2.24) is 15.6 Å². The Morgan fingerprint density at radius 3 is 2.88 bits per heavy atom. The maximum Gasteiger partial charge on any atom is 0.255 e. The zero-order valence-electron chi connectivity index (χ0n) is 8.79. The van der Waals surface area contributed by atoms with Crippen molar-refractivity contribution in [2.45, 2.75) is 6.42 Å². The number of carbonyl (C=O) groups excluding carboxylic acids is 2. The molecule has 0 aliphatic carbocycles. The second-order valence-electron chi connectivity index (χ2n) is 3.02. The van der Waals surface area contributed by atoms with E-state index in [2.05, 4.69) is 15.6 Å². The number of rotatable bonds is 4. The minimum Gasteiger partial charge on any atom is -0.359 e. The zero-order chi connectivity index (χ0) is 12.0. The van der Waals surface area contributed by atoms with Crippen LogP contribution in [0.1, 0.15) is 16.8 Å². The maximum absolute atomic E-state index is 13.0. The molecular weight excluding hydrogens is 213 g/mol. The molecule has 0 aliphatic rings. The van der Waals surface area contributed by atoms with E-state index in [0.29, 0.717) is 0 Å². The Balaban J connectivity index is 2.47. The second kappa shape index (κ2) is 5.79. The van der Waals surface area contributed by atoms with Gasteiger partial charge in [0, 0.05) is 26.2 Å². The van der Waals surface area contributed by atoms with E-state index in [9.17, 15) is 14.0 Å². The molecule has 86 valence electrons. The van der Waals surface area contributed by atoms with Gasteiger partial charge in [0.2, 0.25) is 11.9 Å². The highest BCUT2D eigenvalue weighted by atomic mass is 19.1. The summed E-state index contributed by atoms with van der Waals surface area (Å²) in [5, 5.41) is 4.84. The Morgan fingerprint density at radius 2 is 2.25 bits per heavy atom. The van der Waals surface area contributed by atoms with Gasteiger partial charge in [-0.1, -0.05) is 0 Å². The fraction of sp³-hybridized carbons (Fsp3) is 0.300. The van der Waals surface area contributed by atoms with E-state index in [4.69, 9.17) is 0 Å². The summed E-state index contributed by atoms with van der Waals surface area (Å²) in [6.07, 6.45) is 1.42. The number of amides is 2. The van der Waals surface area contributed by atoms with Crippen LogP contribution < -0.4 is 10.6 Å². The van der Waals surface area contributed by atoms with Gasteiger partial charge in [-0.2, -0.15) is 4.39 Å². The predicted molar refractivity (Wildman–Crippen MR) is 55.2 cm³/mol. The van der Waals surface area contributed by atoms with E-state index < -0.39 is 11.9 Å². The van der Waals surface area contributed by atoms with Crippen LogP contribution in [-0.2, 0) is 4.79 Å². The van der Waals surface area contributed by atoms with Crippen molar-refractivity contribution in [1.29, 1.82) is 0 Å². The molecule has 6 heteroatoms. The smallest absolute Gasteiger partial charge is 0.255 e. The highest BCUT2D eigenvalue weighted by Crippen LogP contribution is 2.02. The first kappa shape index (κ1) is 12.1. The lowest BCUT2D eigenvalue weighted by atomic mass is 10.2. The summed E-state index contributed by atoms with van der Waals surface area (Å²) in [4.78, 5) is 25.6. The Bertz CT molecular complexity index is 395. The maximum atomic E-state index is 13.0. The monoisotopic (exact) mass is 225 g/mol. The SMILES string of the molecule is CNC(=O)CCNC(=O)c1cccnc1F. The molecule has 0 aromatic carbocycles. The fourth-order valence-electron chi connectivity index (χ4n) is 1.07. The third kappa shape index (κ3) is 3.30. The first-order valence-electron chi connectivity index (χ1n) is 4.74. The van der Waals surface area contributed by atoms with Crippen molar-refractivity contribution in [3.05, 3.63) is 29.8 Å². The molecule has 16 heavy (non-hydrogen) atoms. The van der Waals surface area contributed by atoms with Crippen LogP contribution >= 0.6 is 0 Å². The van der Waals surface area contributed by atoms with Gasteiger partial charge < -0.3 is 10.6 Å². The normalized spacial score (nSPS) is 9.62. The van der Waals surface area contributed by atoms with Gasteiger partial charge in [-0.3, -0.25) is 9.59 Å². The average molecular weight is 225 g/mol. The van der Waals surface area contributed by atoms with E-state index in [1.807, 2.05) is 0 Å². The van der Waals surface area contributed by atoms with E-state index in [0.717, 1.165) is 0 Å². The number of aromatic nitrogens is 1. The zero-order valence-corrected chi connectivity index (χ0v) is 8.79. The third-order valence-corrected chi connectivity index (χ3v) is 1.92. The summed E-state index contributed by atoms with van der Waals surface area (Å²) in [6.45, 7) is 0.160. The molecule has 0 bridgehead atoms. The summed E-state index contributed by atoms with van der Waals surface area (Å²) >= 11 is 0. The molecule has 0 fully saturated rings. The lowest BCUT2D eigenvalue weighted by Crippen LogP contribution is -2.29. The van der Waals surface area contributed by atoms with E-state index >= 15 is 0 Å². The predicted octanol–water partition coefficient (Wildman–Crippen LogP) is 0.0866. The largest absolute Gasteiger partial charge is 0.359 e. The topological polar surface area (TPSA) is 71.1 Å². The third-order valence-electron chi connectivity index (χ3n) is 1.92. The molecule has 2 amide bonds. The standard InChI is InChI=1S/C10H12FN3O2/c1-12-8(15)4-6-14-10(16)7-3-2-5-13-9(7)11/h2-3,5H,4,6H2,1H3,(H,12,15)(H,14,16). The van der Waals surface area contributed by atoms with Gasteiger partial charge in [0.05, 0.1) is 5.56 Å². The summed E-state index contributed by atoms with van der Waals surface area (Å²) < 4.78 is 13.0. The van der Waals surface area contributed by atoms with Crippen molar-refractivity contribution in [2.75, 3.05) is 13.6 Å². The molecule has 0 radical (unpaired) electrons. The van der Waals surface area contributed by atoms with E-state index in [1.165, 1.54) is 25.4 Å². The number of halogens is 1. The van der Waals surface area contributed by atoms with Crippen molar-refractivity contribution >= 4 is 11.8 Å². The summed E-state index contributed by atoms with van der Waals surface area (Å²) in [6, 6.07) is 2.80. The van der Waals surface area contributed by atoms with Crippen LogP contribution in [0, 0.1) is 5.95 Å². The van der Waals surface area contributed by atoms with Gasteiger partial charge in [-0.25, -0.2) is 4.98 Å². The molecule has 0 spiro atoms. The Hall–Kier alpha value is -1.98. The molecule has 0 saturated carbocycles. The number of hydrogen-bond acceptors (Lipinski definition) is 3. The molecule has 0 unspecified atom stereocenters. The van der Waals surface area contributed by atoms with Crippen molar-refractivity contribution in [3.8, 4) is 0 Å². The Morgan fingerprint density at radius 1 is 1.50 bits per heavy atom. The Labute approximate surface area is 92.1 Å². The number of pyridine rings is 1. The number of nitrogens with zero attached hydrogens (tertiary/aromatic N) is 1. The first-order chi connectivity index (χ1) is 7.65. The summed E-state index contributed by atoms with van der Waals surface area (Å²) in [5.74, 6) is -1.58. The second-order valence-corrected chi connectivity index (χ2v) is 3.02. The molecule has 1 aromatic rings. The van der Waals surface area contributed by atoms with Gasteiger partial charge >= 0.3 is 0 Å². The van der Waals surface area contributed by atoms with Crippen LogP contribution in [0.3, 0.4) is 0 Å². The van der Waals surface area contributed by atoms with Crippen LogP contribution in [-0.4, -0.2) is 30.4 Å². The minimum atomic E-state index is -0.819. The Kier molecular flexibility index (Phi) is 4.38. The van der Waals surface area contributed by atoms with Gasteiger partial charge in [0.1, 0.15) is 0 Å². The van der Waals surface area contributed by atoms with Crippen molar-refractivity contribution in [3.63, 3.8) is 0 Å². The quantitative estimate of drug-likeness (QED) is 0.713. The lowest BCUT2D eigenvalue weighted by molar-refractivity contribution is -0.120. The highest BCUT2D eigenvalue weighted by Gasteiger charge is 2.11. The fourth-order valence-corrected chi connectivity index (χ4v) is 1.07. The molecular formula is C10H12FN3O2. The minimum absolute atomic E-state index is 0.126. The van der Waals surface area contributed by atoms with Crippen molar-refractivity contribution < 1.29 is 14.0 Å². The lowest BCUT2D eigenvalue weighted by Gasteiger charge is -2.04. The molecule has 0 aliphatic heterocycles.